The topological polar surface area (TPSA) is 105 Å². The number of hydrogen-bond donors (Lipinski definition) is 3. The summed E-state index contributed by atoms with van der Waals surface area (Å²) in [6.07, 6.45) is -1.69. The third kappa shape index (κ3) is 8.50. The Morgan fingerprint density at radius 2 is 1.76 bits per heavy atom. The van der Waals surface area contributed by atoms with Gasteiger partial charge < -0.3 is 24.6 Å². The maximum Gasteiger partial charge on any atom is 0.410 e. The molecule has 2 atom stereocenters. The van der Waals surface area contributed by atoms with Crippen LogP contribution in [0.5, 0.6) is 0 Å². The minimum absolute atomic E-state index is 0.0924. The molecular weight excluding hydrogens is 369 g/mol. The van der Waals surface area contributed by atoms with E-state index in [1.54, 1.807) is 38.1 Å². The van der Waals surface area contributed by atoms with E-state index in [2.05, 4.69) is 5.32 Å². The third-order valence-corrected chi connectivity index (χ3v) is 4.26. The van der Waals surface area contributed by atoms with Gasteiger partial charge >= 0.3 is 12.1 Å². The molecule has 140 valence electrons. The standard InChI is InChI=1S/C16H23ClNO6P/c1-10(2)15(19)23-11(3)24-16(20)18-8-13(9-25(21)22)12-4-6-14(17)7-5-12/h4-7,10-11,13,21-22H,8-9H2,1-3H3,(H,18,20)/t11?,13-/m0/s1. The van der Waals surface area contributed by atoms with E-state index in [0.717, 1.165) is 5.56 Å². The Balaban J connectivity index is 2.56. The first-order valence-corrected chi connectivity index (χ1v) is 9.55. The number of hydrogen-bond acceptors (Lipinski definition) is 6. The molecule has 0 saturated carbocycles. The average Bonchev–Trinajstić information content (AvgIpc) is 2.51. The number of esters is 1. The number of alkyl carbamates (subject to hydrolysis) is 1. The minimum Gasteiger partial charge on any atom is -0.425 e. The van der Waals surface area contributed by atoms with Gasteiger partial charge in [-0.15, -0.1) is 0 Å². The predicted molar refractivity (Wildman–Crippen MR) is 95.3 cm³/mol. The number of amides is 1. The van der Waals surface area contributed by atoms with Gasteiger partial charge in [-0.25, -0.2) is 4.79 Å². The molecule has 25 heavy (non-hydrogen) atoms. The molecule has 0 aliphatic rings. The monoisotopic (exact) mass is 391 g/mol. The fourth-order valence-electron chi connectivity index (χ4n) is 1.94. The molecule has 1 aromatic rings. The molecule has 1 rings (SSSR count). The van der Waals surface area contributed by atoms with Gasteiger partial charge in [-0.05, 0) is 17.7 Å². The van der Waals surface area contributed by atoms with Crippen molar-refractivity contribution in [2.75, 3.05) is 12.7 Å². The van der Waals surface area contributed by atoms with E-state index in [0.29, 0.717) is 5.02 Å². The first-order chi connectivity index (χ1) is 11.7. The number of halogens is 1. The molecule has 7 nitrogen and oxygen atoms in total. The van der Waals surface area contributed by atoms with Crippen molar-refractivity contribution < 1.29 is 28.8 Å². The number of carbonyl (C=O) groups excluding carboxylic acids is 2. The lowest BCUT2D eigenvalue weighted by Crippen LogP contribution is -2.34. The summed E-state index contributed by atoms with van der Waals surface area (Å²) in [7, 11) is -2.13. The van der Waals surface area contributed by atoms with Crippen LogP contribution in [0.4, 0.5) is 4.79 Å². The van der Waals surface area contributed by atoms with Crippen molar-refractivity contribution in [1.82, 2.24) is 5.32 Å². The summed E-state index contributed by atoms with van der Waals surface area (Å²) >= 11 is 5.84. The van der Waals surface area contributed by atoms with Crippen molar-refractivity contribution in [3.63, 3.8) is 0 Å². The van der Waals surface area contributed by atoms with Crippen LogP contribution in [0.2, 0.25) is 5.02 Å². The number of benzene rings is 1. The van der Waals surface area contributed by atoms with E-state index < -0.39 is 26.7 Å². The molecule has 1 unspecified atom stereocenters. The molecule has 9 heteroatoms. The summed E-state index contributed by atoms with van der Waals surface area (Å²) in [6.45, 7) is 4.92. The maximum atomic E-state index is 11.8. The highest BCUT2D eigenvalue weighted by Gasteiger charge is 2.20. The quantitative estimate of drug-likeness (QED) is 0.357. The Morgan fingerprint density at radius 1 is 1.16 bits per heavy atom. The van der Waals surface area contributed by atoms with Crippen LogP contribution in [0.25, 0.3) is 0 Å². The SMILES string of the molecule is CC(OC(=O)NC[C@@H](CP(O)O)c1ccc(Cl)cc1)OC(=O)C(C)C. The molecule has 0 saturated heterocycles. The summed E-state index contributed by atoms with van der Waals surface area (Å²) < 4.78 is 9.89. The van der Waals surface area contributed by atoms with Crippen LogP contribution < -0.4 is 5.32 Å². The van der Waals surface area contributed by atoms with Crippen molar-refractivity contribution in [1.29, 1.82) is 0 Å². The molecule has 1 aromatic carbocycles. The van der Waals surface area contributed by atoms with E-state index in [1.165, 1.54) is 6.92 Å². The van der Waals surface area contributed by atoms with Crippen LogP contribution in [0.15, 0.2) is 24.3 Å². The molecule has 0 aliphatic carbocycles. The predicted octanol–water partition coefficient (Wildman–Crippen LogP) is 2.99. The Hall–Kier alpha value is -1.40. The fraction of sp³-hybridized carbons (Fsp3) is 0.500. The van der Waals surface area contributed by atoms with Crippen LogP contribution in [0.1, 0.15) is 32.3 Å². The van der Waals surface area contributed by atoms with Crippen LogP contribution in [-0.4, -0.2) is 40.8 Å². The van der Waals surface area contributed by atoms with E-state index in [1.807, 2.05) is 0 Å². The molecule has 0 heterocycles. The lowest BCUT2D eigenvalue weighted by molar-refractivity contribution is -0.168. The highest BCUT2D eigenvalue weighted by atomic mass is 35.5. The van der Waals surface area contributed by atoms with Crippen LogP contribution in [-0.2, 0) is 14.3 Å². The van der Waals surface area contributed by atoms with Crippen LogP contribution in [0, 0.1) is 5.92 Å². The van der Waals surface area contributed by atoms with Gasteiger partial charge in [-0.3, -0.25) is 4.79 Å². The molecule has 3 N–H and O–H groups in total. The highest BCUT2D eigenvalue weighted by Crippen LogP contribution is 2.32. The third-order valence-electron chi connectivity index (χ3n) is 3.24. The van der Waals surface area contributed by atoms with Gasteiger partial charge in [-0.2, -0.15) is 0 Å². The van der Waals surface area contributed by atoms with Gasteiger partial charge in [0.15, 0.2) is 8.38 Å². The second-order valence-corrected chi connectivity index (χ2v) is 7.29. The normalized spacial score (nSPS) is 13.4. The summed E-state index contributed by atoms with van der Waals surface area (Å²) in [5.41, 5.74) is 0.805. The molecular formula is C16H23ClNO6P. The largest absolute Gasteiger partial charge is 0.425 e. The zero-order chi connectivity index (χ0) is 19.0. The van der Waals surface area contributed by atoms with Crippen LogP contribution >= 0.6 is 20.0 Å². The minimum atomic E-state index is -2.13. The summed E-state index contributed by atoms with van der Waals surface area (Å²) in [5, 5.41) is 3.10. The van der Waals surface area contributed by atoms with Gasteiger partial charge in [0.2, 0.25) is 6.29 Å². The van der Waals surface area contributed by atoms with Gasteiger partial charge in [0, 0.05) is 30.6 Å². The first-order valence-electron chi connectivity index (χ1n) is 7.74. The second-order valence-electron chi connectivity index (χ2n) is 5.75. The van der Waals surface area contributed by atoms with Crippen LogP contribution in [0.3, 0.4) is 0 Å². The second kappa shape index (κ2) is 10.6. The summed E-state index contributed by atoms with van der Waals surface area (Å²) in [6, 6.07) is 6.89. The van der Waals surface area contributed by atoms with Crippen molar-refractivity contribution in [3.05, 3.63) is 34.9 Å². The lowest BCUT2D eigenvalue weighted by Gasteiger charge is -2.20. The molecule has 0 aliphatic heterocycles. The van der Waals surface area contributed by atoms with Crippen molar-refractivity contribution in [2.24, 2.45) is 5.92 Å². The lowest BCUT2D eigenvalue weighted by atomic mass is 10.0. The Kier molecular flexibility index (Phi) is 9.14. The van der Waals surface area contributed by atoms with Crippen molar-refractivity contribution >= 4 is 32.0 Å². The Bertz CT molecular complexity index is 566. The first kappa shape index (κ1) is 21.6. The molecule has 0 fully saturated rings. The van der Waals surface area contributed by atoms with Crippen molar-refractivity contribution in [3.8, 4) is 0 Å². The van der Waals surface area contributed by atoms with Crippen molar-refractivity contribution in [2.45, 2.75) is 33.0 Å². The van der Waals surface area contributed by atoms with E-state index in [-0.39, 0.29) is 24.5 Å². The number of ether oxygens (including phenoxy) is 2. The van der Waals surface area contributed by atoms with Gasteiger partial charge in [-0.1, -0.05) is 37.6 Å². The van der Waals surface area contributed by atoms with Gasteiger partial charge in [0.25, 0.3) is 0 Å². The molecule has 0 spiro atoms. The molecule has 0 bridgehead atoms. The van der Waals surface area contributed by atoms with E-state index in [9.17, 15) is 19.4 Å². The van der Waals surface area contributed by atoms with Gasteiger partial charge in [0.1, 0.15) is 0 Å². The maximum absolute atomic E-state index is 11.8. The zero-order valence-corrected chi connectivity index (χ0v) is 16.0. The van der Waals surface area contributed by atoms with E-state index in [4.69, 9.17) is 21.1 Å². The molecule has 1 amide bonds. The number of nitrogens with one attached hydrogen (secondary N) is 1. The molecule has 0 aromatic heterocycles. The van der Waals surface area contributed by atoms with E-state index >= 15 is 0 Å². The highest BCUT2D eigenvalue weighted by molar-refractivity contribution is 7.45. The number of carbonyl (C=O) groups is 2. The Morgan fingerprint density at radius 3 is 2.28 bits per heavy atom. The fourth-order valence-corrected chi connectivity index (χ4v) is 2.80. The molecule has 0 radical (unpaired) electrons. The zero-order valence-electron chi connectivity index (χ0n) is 14.3. The number of rotatable bonds is 8. The smallest absolute Gasteiger partial charge is 0.410 e. The summed E-state index contributed by atoms with van der Waals surface area (Å²) in [4.78, 5) is 41.8. The Labute approximate surface area is 153 Å². The summed E-state index contributed by atoms with van der Waals surface area (Å²) in [5.74, 6) is -1.11. The van der Waals surface area contributed by atoms with Gasteiger partial charge in [0.05, 0.1) is 5.92 Å². The average molecular weight is 392 g/mol.